The van der Waals surface area contributed by atoms with E-state index in [0.29, 0.717) is 6.54 Å². The summed E-state index contributed by atoms with van der Waals surface area (Å²) in [5.74, 6) is 1.85. The van der Waals surface area contributed by atoms with E-state index in [1.54, 1.807) is 7.11 Å². The molecule has 1 aromatic carbocycles. The van der Waals surface area contributed by atoms with Gasteiger partial charge in [-0.2, -0.15) is 0 Å². The summed E-state index contributed by atoms with van der Waals surface area (Å²) in [4.78, 5) is 3.34. The Hall–Kier alpha value is -2.01. The first-order valence-corrected chi connectivity index (χ1v) is 6.46. The Morgan fingerprint density at radius 3 is 3.11 bits per heavy atom. The number of benzene rings is 1. The molecule has 3 rings (SSSR count). The number of nitrogens with one attached hydrogen (secondary N) is 2. The molecule has 100 valence electrons. The van der Waals surface area contributed by atoms with Crippen molar-refractivity contribution in [1.82, 2.24) is 9.88 Å². The van der Waals surface area contributed by atoms with E-state index in [0.717, 1.165) is 30.4 Å². The van der Waals surface area contributed by atoms with Crippen molar-refractivity contribution >= 4 is 16.7 Å². The Balaban J connectivity index is 2.06. The van der Waals surface area contributed by atoms with Gasteiger partial charge in [-0.05, 0) is 24.3 Å². The molecule has 19 heavy (non-hydrogen) atoms. The minimum absolute atomic E-state index is 0.124. The number of rotatable bonds is 3. The van der Waals surface area contributed by atoms with Crippen LogP contribution in [0.2, 0.25) is 0 Å². The van der Waals surface area contributed by atoms with Crippen LogP contribution in [0.1, 0.15) is 5.69 Å². The zero-order valence-electron chi connectivity index (χ0n) is 10.9. The number of nitrogens with zero attached hydrogens (tertiary/aromatic N) is 1. The summed E-state index contributed by atoms with van der Waals surface area (Å²) >= 11 is 0. The first-order chi connectivity index (χ1) is 9.33. The van der Waals surface area contributed by atoms with E-state index in [2.05, 4.69) is 27.0 Å². The average Bonchev–Trinajstić information content (AvgIpc) is 2.83. The molecule has 3 N–H and O–H groups in total. The van der Waals surface area contributed by atoms with Gasteiger partial charge in [0.05, 0.1) is 20.3 Å². The first-order valence-electron chi connectivity index (χ1n) is 6.46. The van der Waals surface area contributed by atoms with Crippen molar-refractivity contribution in [3.8, 4) is 5.75 Å². The van der Waals surface area contributed by atoms with Crippen LogP contribution in [-0.2, 0) is 6.54 Å². The maximum atomic E-state index is 8.93. The van der Waals surface area contributed by atoms with Gasteiger partial charge in [-0.1, -0.05) is 0 Å². The van der Waals surface area contributed by atoms with Gasteiger partial charge < -0.3 is 14.4 Å². The van der Waals surface area contributed by atoms with Crippen LogP contribution in [0.25, 0.3) is 10.9 Å². The van der Waals surface area contributed by atoms with Crippen molar-refractivity contribution in [3.05, 3.63) is 30.0 Å². The number of hydrogen-bond acceptors (Lipinski definition) is 3. The summed E-state index contributed by atoms with van der Waals surface area (Å²) in [5.41, 5.74) is 2.34. The maximum Gasteiger partial charge on any atom is 0.292 e. The third-order valence-corrected chi connectivity index (χ3v) is 3.42. The van der Waals surface area contributed by atoms with E-state index < -0.39 is 0 Å². The molecule has 0 saturated heterocycles. The van der Waals surface area contributed by atoms with Crippen LogP contribution in [0, 0.1) is 0 Å². The number of fused-ring (bicyclic) bond motifs is 3. The van der Waals surface area contributed by atoms with Crippen LogP contribution in [0.5, 0.6) is 5.75 Å². The Morgan fingerprint density at radius 2 is 2.32 bits per heavy atom. The predicted octanol–water partition coefficient (Wildman–Crippen LogP) is -0.927. The van der Waals surface area contributed by atoms with Crippen LogP contribution >= 0.6 is 0 Å². The lowest BCUT2D eigenvalue weighted by molar-refractivity contribution is -0.463. The Morgan fingerprint density at radius 1 is 1.42 bits per heavy atom. The van der Waals surface area contributed by atoms with Crippen LogP contribution in [-0.4, -0.2) is 42.3 Å². The number of aliphatic hydroxyl groups excluding tert-OH is 1. The number of methoxy groups -OCH3 is 1. The molecule has 0 atom stereocenters. The Kier molecular flexibility index (Phi) is 3.13. The monoisotopic (exact) mass is 260 g/mol. The molecule has 5 heteroatoms. The fourth-order valence-corrected chi connectivity index (χ4v) is 2.54. The predicted molar refractivity (Wildman–Crippen MR) is 73.5 cm³/mol. The van der Waals surface area contributed by atoms with Gasteiger partial charge in [0.2, 0.25) is 0 Å². The quantitative estimate of drug-likeness (QED) is 0.668. The highest BCUT2D eigenvalue weighted by Crippen LogP contribution is 2.24. The second kappa shape index (κ2) is 4.93. The molecule has 0 radical (unpaired) electrons. The first kappa shape index (κ1) is 12.0. The summed E-state index contributed by atoms with van der Waals surface area (Å²) in [5, 5.41) is 13.3. The second-order valence-electron chi connectivity index (χ2n) is 4.56. The summed E-state index contributed by atoms with van der Waals surface area (Å²) in [6.45, 7) is 2.50. The molecular formula is C14H18N3O2+. The van der Waals surface area contributed by atoms with Gasteiger partial charge in [0.1, 0.15) is 24.5 Å². The van der Waals surface area contributed by atoms with E-state index >= 15 is 0 Å². The lowest BCUT2D eigenvalue weighted by Gasteiger charge is -2.13. The molecule has 0 unspecified atom stereocenters. The number of amidine groups is 1. The van der Waals surface area contributed by atoms with Gasteiger partial charge in [-0.3, -0.25) is 10.3 Å². The van der Waals surface area contributed by atoms with Crippen LogP contribution in [0.15, 0.2) is 24.3 Å². The number of aromatic nitrogens is 1. The fourth-order valence-electron chi connectivity index (χ4n) is 2.54. The van der Waals surface area contributed by atoms with Gasteiger partial charge in [0, 0.05) is 10.9 Å². The lowest BCUT2D eigenvalue weighted by Crippen LogP contribution is -2.79. The van der Waals surface area contributed by atoms with E-state index in [-0.39, 0.29) is 6.61 Å². The lowest BCUT2D eigenvalue weighted by atomic mass is 10.2. The van der Waals surface area contributed by atoms with E-state index in [9.17, 15) is 0 Å². The topological polar surface area (TPSA) is 60.4 Å². The Labute approximate surface area is 111 Å². The largest absolute Gasteiger partial charge is 0.497 e. The molecular weight excluding hydrogens is 242 g/mol. The van der Waals surface area contributed by atoms with Gasteiger partial charge >= 0.3 is 0 Å². The van der Waals surface area contributed by atoms with Gasteiger partial charge in [0.15, 0.2) is 0 Å². The molecule has 0 aliphatic carbocycles. The standard InChI is InChI=1S/C14H17N3O2/c1-19-11-2-3-12-10(8-11)9-13-14(16-5-7-18)15-4-6-17(12)13/h2-3,8-9,18H,4-7H2,1H3,(H,15,16)/p+1. The van der Waals surface area contributed by atoms with Crippen molar-refractivity contribution in [2.75, 3.05) is 26.8 Å². The van der Waals surface area contributed by atoms with Gasteiger partial charge in [-0.15, -0.1) is 0 Å². The molecule has 2 aromatic rings. The molecule has 2 heterocycles. The maximum absolute atomic E-state index is 8.93. The number of hydrogen-bond donors (Lipinski definition) is 3. The van der Waals surface area contributed by atoms with Crippen molar-refractivity contribution in [1.29, 1.82) is 0 Å². The summed E-state index contributed by atoms with van der Waals surface area (Å²) in [6.07, 6.45) is 0. The van der Waals surface area contributed by atoms with Gasteiger partial charge in [0.25, 0.3) is 5.84 Å². The normalized spacial score (nSPS) is 14.1. The molecule has 0 fully saturated rings. The smallest absolute Gasteiger partial charge is 0.292 e. The Bertz CT molecular complexity index is 631. The van der Waals surface area contributed by atoms with Crippen LogP contribution in [0.3, 0.4) is 0 Å². The SMILES string of the molecule is COc1ccc2c(c1)cc1n2CC[NH+]=C1NCCO. The molecule has 0 bridgehead atoms. The zero-order valence-corrected chi connectivity index (χ0v) is 10.9. The molecule has 1 aromatic heterocycles. The van der Waals surface area contributed by atoms with Crippen molar-refractivity contribution in [2.45, 2.75) is 6.54 Å². The minimum Gasteiger partial charge on any atom is -0.497 e. The average molecular weight is 260 g/mol. The highest BCUT2D eigenvalue weighted by molar-refractivity contribution is 5.99. The molecule has 0 amide bonds. The van der Waals surface area contributed by atoms with Crippen LogP contribution in [0.4, 0.5) is 0 Å². The fraction of sp³-hybridized carbons (Fsp3) is 0.357. The van der Waals surface area contributed by atoms with Gasteiger partial charge in [-0.25, -0.2) is 0 Å². The van der Waals surface area contributed by atoms with E-state index in [4.69, 9.17) is 9.84 Å². The summed E-state index contributed by atoms with van der Waals surface area (Å²) in [7, 11) is 1.68. The van der Waals surface area contributed by atoms with Crippen LogP contribution < -0.4 is 15.0 Å². The summed E-state index contributed by atoms with van der Waals surface area (Å²) in [6, 6.07) is 8.26. The van der Waals surface area contributed by atoms with Crippen molar-refractivity contribution < 1.29 is 14.8 Å². The molecule has 0 saturated carbocycles. The number of ether oxygens (including phenoxy) is 1. The van der Waals surface area contributed by atoms with Crippen molar-refractivity contribution in [2.24, 2.45) is 0 Å². The molecule has 0 spiro atoms. The highest BCUT2D eigenvalue weighted by Gasteiger charge is 2.21. The third kappa shape index (κ3) is 2.06. The highest BCUT2D eigenvalue weighted by atomic mass is 16.5. The number of aliphatic hydroxyl groups is 1. The second-order valence-corrected chi connectivity index (χ2v) is 4.56. The minimum atomic E-state index is 0.124. The molecule has 5 nitrogen and oxygen atoms in total. The molecule has 1 aliphatic heterocycles. The van der Waals surface area contributed by atoms with E-state index in [1.807, 2.05) is 12.1 Å². The molecule has 1 aliphatic rings. The van der Waals surface area contributed by atoms with Crippen molar-refractivity contribution in [3.63, 3.8) is 0 Å². The van der Waals surface area contributed by atoms with E-state index in [1.165, 1.54) is 10.9 Å². The third-order valence-electron chi connectivity index (χ3n) is 3.42. The zero-order chi connectivity index (χ0) is 13.2. The summed E-state index contributed by atoms with van der Waals surface area (Å²) < 4.78 is 7.55.